The number of nitrogens with one attached hydrogen (secondary N) is 1. The highest BCUT2D eigenvalue weighted by Crippen LogP contribution is 1.93. The summed E-state index contributed by atoms with van der Waals surface area (Å²) in [6, 6.07) is 9.62. The molecule has 0 fully saturated rings. The fourth-order valence-corrected chi connectivity index (χ4v) is 1.05. The smallest absolute Gasteiger partial charge is 0.261 e. The summed E-state index contributed by atoms with van der Waals surface area (Å²) < 4.78 is 1.34. The van der Waals surface area contributed by atoms with E-state index in [4.69, 9.17) is 5.41 Å². The maximum atomic E-state index is 7.53. The van der Waals surface area contributed by atoms with Crippen LogP contribution in [0.2, 0.25) is 0 Å². The number of benzene rings is 1. The van der Waals surface area contributed by atoms with Crippen molar-refractivity contribution in [3.05, 3.63) is 41.5 Å². The molecule has 6 heteroatoms. The van der Waals surface area contributed by atoms with E-state index in [0.717, 1.165) is 10.4 Å². The third-order valence-electron chi connectivity index (χ3n) is 1.87. The van der Waals surface area contributed by atoms with Gasteiger partial charge in [-0.25, -0.2) is 4.68 Å². The molecular formula is C9H10N6. The van der Waals surface area contributed by atoms with E-state index in [1.165, 1.54) is 4.68 Å². The molecule has 6 nitrogen and oxygen atoms in total. The molecular weight excluding hydrogens is 192 g/mol. The molecule has 1 heterocycles. The molecule has 0 aliphatic heterocycles. The standard InChI is InChI=1S/C9H10N6/c1-14-9(10)15(13-12-14)11-7-8-5-3-2-4-6-8/h2-7,10H,1H3. The van der Waals surface area contributed by atoms with E-state index in [2.05, 4.69) is 15.5 Å². The Balaban J connectivity index is 2.27. The van der Waals surface area contributed by atoms with Crippen LogP contribution in [0.3, 0.4) is 0 Å². The van der Waals surface area contributed by atoms with Crippen molar-refractivity contribution in [2.24, 2.45) is 12.1 Å². The lowest BCUT2D eigenvalue weighted by atomic mass is 10.2. The summed E-state index contributed by atoms with van der Waals surface area (Å²) >= 11 is 0. The van der Waals surface area contributed by atoms with Gasteiger partial charge in [-0.3, -0.25) is 5.41 Å². The van der Waals surface area contributed by atoms with Crippen LogP contribution in [0.25, 0.3) is 0 Å². The van der Waals surface area contributed by atoms with Crippen molar-refractivity contribution < 1.29 is 0 Å². The first-order valence-electron chi connectivity index (χ1n) is 4.40. The summed E-state index contributed by atoms with van der Waals surface area (Å²) in [7, 11) is 1.64. The summed E-state index contributed by atoms with van der Waals surface area (Å²) in [6.45, 7) is 0. The number of hydrogen-bond donors (Lipinski definition) is 1. The molecule has 0 saturated carbocycles. The Kier molecular flexibility index (Phi) is 2.40. The number of rotatable bonds is 2. The van der Waals surface area contributed by atoms with E-state index in [9.17, 15) is 0 Å². The molecule has 0 aliphatic rings. The molecule has 1 aromatic heterocycles. The average molecular weight is 202 g/mol. The highest BCUT2D eigenvalue weighted by Gasteiger charge is 1.95. The summed E-state index contributed by atoms with van der Waals surface area (Å²) in [5, 5.41) is 18.9. The summed E-state index contributed by atoms with van der Waals surface area (Å²) in [4.78, 5) is 1.16. The molecule has 0 radical (unpaired) electrons. The van der Waals surface area contributed by atoms with Gasteiger partial charge in [-0.2, -0.15) is 5.10 Å². The van der Waals surface area contributed by atoms with Crippen LogP contribution in [-0.2, 0) is 7.05 Å². The van der Waals surface area contributed by atoms with E-state index < -0.39 is 0 Å². The third kappa shape index (κ3) is 1.98. The van der Waals surface area contributed by atoms with Gasteiger partial charge in [-0.15, -0.1) is 0 Å². The first-order chi connectivity index (χ1) is 7.27. The van der Waals surface area contributed by atoms with Crippen LogP contribution in [0.1, 0.15) is 5.56 Å². The fraction of sp³-hybridized carbons (Fsp3) is 0.111. The molecule has 2 aromatic rings. The van der Waals surface area contributed by atoms with Gasteiger partial charge < -0.3 is 0 Å². The maximum absolute atomic E-state index is 7.53. The Morgan fingerprint density at radius 2 is 2.00 bits per heavy atom. The number of aryl methyl sites for hydroxylation is 1. The van der Waals surface area contributed by atoms with Crippen LogP contribution in [0.4, 0.5) is 0 Å². The Hall–Kier alpha value is -2.24. The normalized spacial score (nSPS) is 11.0. The molecule has 0 unspecified atom stereocenters. The minimum atomic E-state index is 0.127. The second-order valence-electron chi connectivity index (χ2n) is 2.97. The predicted octanol–water partition coefficient (Wildman–Crippen LogP) is -0.0217. The Morgan fingerprint density at radius 3 is 2.60 bits per heavy atom. The summed E-state index contributed by atoms with van der Waals surface area (Å²) in [5.41, 5.74) is 1.08. The number of nitrogens with zero attached hydrogens (tertiary/aromatic N) is 5. The van der Waals surface area contributed by atoms with Crippen LogP contribution < -0.4 is 5.62 Å². The average Bonchev–Trinajstić information content (AvgIpc) is 2.59. The third-order valence-corrected chi connectivity index (χ3v) is 1.87. The van der Waals surface area contributed by atoms with Gasteiger partial charge in [0.05, 0.1) is 6.21 Å². The lowest BCUT2D eigenvalue weighted by molar-refractivity contribution is 0.660. The fourth-order valence-electron chi connectivity index (χ4n) is 1.05. The zero-order valence-corrected chi connectivity index (χ0v) is 8.20. The molecule has 1 N–H and O–H groups in total. The van der Waals surface area contributed by atoms with E-state index in [1.807, 2.05) is 30.3 Å². The number of hydrogen-bond acceptors (Lipinski definition) is 4. The molecule has 0 amide bonds. The number of aromatic nitrogens is 4. The first kappa shape index (κ1) is 9.32. The van der Waals surface area contributed by atoms with Gasteiger partial charge in [0, 0.05) is 7.05 Å². The quantitative estimate of drug-likeness (QED) is 0.695. The minimum absolute atomic E-state index is 0.127. The molecule has 1 aromatic carbocycles. The SMILES string of the molecule is Cn1nnn(N=Cc2ccccc2)c1=N. The summed E-state index contributed by atoms with van der Waals surface area (Å²) in [6.07, 6.45) is 1.63. The monoisotopic (exact) mass is 202 g/mol. The van der Waals surface area contributed by atoms with Crippen LogP contribution in [0, 0.1) is 5.41 Å². The molecule has 0 saturated heterocycles. The van der Waals surface area contributed by atoms with Crippen molar-refractivity contribution >= 4 is 6.21 Å². The van der Waals surface area contributed by atoms with Gasteiger partial charge in [0.1, 0.15) is 0 Å². The first-order valence-corrected chi connectivity index (χ1v) is 4.40. The molecule has 0 aliphatic carbocycles. The molecule has 0 spiro atoms. The lowest BCUT2D eigenvalue weighted by Crippen LogP contribution is -2.20. The van der Waals surface area contributed by atoms with Gasteiger partial charge in [-0.05, 0) is 16.0 Å². The zero-order valence-electron chi connectivity index (χ0n) is 8.20. The highest BCUT2D eigenvalue weighted by atomic mass is 15.7. The van der Waals surface area contributed by atoms with Gasteiger partial charge in [0.2, 0.25) is 0 Å². The Labute approximate surface area is 86.0 Å². The van der Waals surface area contributed by atoms with Crippen molar-refractivity contribution in [2.45, 2.75) is 0 Å². The Bertz CT molecular complexity index is 521. The van der Waals surface area contributed by atoms with Crippen LogP contribution in [0.15, 0.2) is 35.4 Å². The topological polar surface area (TPSA) is 71.8 Å². The van der Waals surface area contributed by atoms with Crippen molar-refractivity contribution in [3.63, 3.8) is 0 Å². The summed E-state index contributed by atoms with van der Waals surface area (Å²) in [5.74, 6) is 0. The second kappa shape index (κ2) is 3.87. The highest BCUT2D eigenvalue weighted by molar-refractivity contribution is 5.79. The van der Waals surface area contributed by atoms with Crippen molar-refractivity contribution in [1.82, 2.24) is 19.9 Å². The molecule has 76 valence electrons. The molecule has 0 bridgehead atoms. The van der Waals surface area contributed by atoms with Crippen molar-refractivity contribution in [3.8, 4) is 0 Å². The lowest BCUT2D eigenvalue weighted by Gasteiger charge is -1.90. The zero-order chi connectivity index (χ0) is 10.7. The van der Waals surface area contributed by atoms with E-state index >= 15 is 0 Å². The van der Waals surface area contributed by atoms with Crippen molar-refractivity contribution in [1.29, 1.82) is 5.41 Å². The van der Waals surface area contributed by atoms with Crippen molar-refractivity contribution in [2.75, 3.05) is 0 Å². The molecule has 2 rings (SSSR count). The minimum Gasteiger partial charge on any atom is -0.264 e. The predicted molar refractivity (Wildman–Crippen MR) is 54.3 cm³/mol. The van der Waals surface area contributed by atoms with Gasteiger partial charge in [0.25, 0.3) is 5.62 Å². The van der Waals surface area contributed by atoms with Crippen LogP contribution in [-0.4, -0.2) is 26.1 Å². The second-order valence-corrected chi connectivity index (χ2v) is 2.97. The van der Waals surface area contributed by atoms with Gasteiger partial charge >= 0.3 is 0 Å². The van der Waals surface area contributed by atoms with Gasteiger partial charge in [-0.1, -0.05) is 35.1 Å². The largest absolute Gasteiger partial charge is 0.264 e. The van der Waals surface area contributed by atoms with Crippen LogP contribution >= 0.6 is 0 Å². The Morgan fingerprint density at radius 1 is 1.27 bits per heavy atom. The molecule has 15 heavy (non-hydrogen) atoms. The van der Waals surface area contributed by atoms with E-state index in [0.29, 0.717) is 0 Å². The van der Waals surface area contributed by atoms with E-state index in [-0.39, 0.29) is 5.62 Å². The van der Waals surface area contributed by atoms with Crippen LogP contribution in [0.5, 0.6) is 0 Å². The number of tetrazole rings is 1. The molecule has 0 atom stereocenters. The van der Waals surface area contributed by atoms with Gasteiger partial charge in [0.15, 0.2) is 0 Å². The maximum Gasteiger partial charge on any atom is 0.261 e. The van der Waals surface area contributed by atoms with E-state index in [1.54, 1.807) is 13.3 Å².